The van der Waals surface area contributed by atoms with E-state index in [2.05, 4.69) is 18.3 Å². The van der Waals surface area contributed by atoms with Crippen LogP contribution in [0.4, 0.5) is 5.69 Å². The molecule has 0 spiro atoms. The molecule has 0 fully saturated rings. The molecule has 1 unspecified atom stereocenters. The number of nitrogens with one attached hydrogen (secondary N) is 1. The van der Waals surface area contributed by atoms with Gasteiger partial charge in [0.05, 0.1) is 14.2 Å². The molecule has 3 nitrogen and oxygen atoms in total. The summed E-state index contributed by atoms with van der Waals surface area (Å²) in [5.41, 5.74) is 2.47. The summed E-state index contributed by atoms with van der Waals surface area (Å²) in [6.07, 6.45) is 0. The zero-order valence-electron chi connectivity index (χ0n) is 8.76. The second-order valence-corrected chi connectivity index (χ2v) is 3.58. The van der Waals surface area contributed by atoms with Crippen LogP contribution in [0, 0.1) is 0 Å². The Hall–Kier alpha value is -1.38. The average molecular weight is 193 g/mol. The molecule has 1 aliphatic rings. The summed E-state index contributed by atoms with van der Waals surface area (Å²) in [5.74, 6) is 2.14. The highest BCUT2D eigenvalue weighted by molar-refractivity contribution is 5.64. The van der Waals surface area contributed by atoms with Crippen molar-refractivity contribution in [1.82, 2.24) is 0 Å². The molecule has 1 aromatic rings. The lowest BCUT2D eigenvalue weighted by Crippen LogP contribution is -1.95. The lowest BCUT2D eigenvalue weighted by Gasteiger charge is -2.10. The van der Waals surface area contributed by atoms with Gasteiger partial charge in [-0.05, 0) is 11.6 Å². The van der Waals surface area contributed by atoms with E-state index in [-0.39, 0.29) is 0 Å². The number of anilines is 1. The third-order valence-electron chi connectivity index (χ3n) is 2.69. The van der Waals surface area contributed by atoms with Gasteiger partial charge in [-0.3, -0.25) is 0 Å². The first-order chi connectivity index (χ1) is 6.76. The van der Waals surface area contributed by atoms with Crippen LogP contribution in [0.3, 0.4) is 0 Å². The van der Waals surface area contributed by atoms with Crippen LogP contribution in [-0.2, 0) is 0 Å². The molecule has 1 atom stereocenters. The van der Waals surface area contributed by atoms with Crippen molar-refractivity contribution in [3.8, 4) is 11.5 Å². The minimum Gasteiger partial charge on any atom is -0.493 e. The third kappa shape index (κ3) is 1.29. The van der Waals surface area contributed by atoms with Crippen molar-refractivity contribution in [2.45, 2.75) is 12.8 Å². The lowest BCUT2D eigenvalue weighted by molar-refractivity contribution is 0.355. The molecule has 0 aromatic heterocycles. The Morgan fingerprint density at radius 1 is 1.21 bits per heavy atom. The quantitative estimate of drug-likeness (QED) is 0.781. The smallest absolute Gasteiger partial charge is 0.162 e. The maximum Gasteiger partial charge on any atom is 0.162 e. The minimum absolute atomic E-state index is 0.546. The normalized spacial score (nSPS) is 18.6. The largest absolute Gasteiger partial charge is 0.493 e. The second-order valence-electron chi connectivity index (χ2n) is 3.58. The summed E-state index contributed by atoms with van der Waals surface area (Å²) in [4.78, 5) is 0. The van der Waals surface area contributed by atoms with Crippen LogP contribution < -0.4 is 14.8 Å². The highest BCUT2D eigenvalue weighted by atomic mass is 16.5. The first-order valence-electron chi connectivity index (χ1n) is 4.76. The molecule has 76 valence electrons. The zero-order chi connectivity index (χ0) is 10.1. The molecular weight excluding hydrogens is 178 g/mol. The number of ether oxygens (including phenoxy) is 2. The Morgan fingerprint density at radius 2 is 1.86 bits per heavy atom. The van der Waals surface area contributed by atoms with Gasteiger partial charge in [0.1, 0.15) is 0 Å². The van der Waals surface area contributed by atoms with Gasteiger partial charge in [-0.15, -0.1) is 0 Å². The van der Waals surface area contributed by atoms with E-state index in [9.17, 15) is 0 Å². The van der Waals surface area contributed by atoms with Gasteiger partial charge in [0, 0.05) is 24.2 Å². The molecule has 0 saturated carbocycles. The van der Waals surface area contributed by atoms with Crippen molar-refractivity contribution in [2.24, 2.45) is 0 Å². The molecule has 0 bridgehead atoms. The van der Waals surface area contributed by atoms with Gasteiger partial charge in [-0.25, -0.2) is 0 Å². The standard InChI is InChI=1S/C11H15NO2/c1-7-6-12-9-5-11(14-3)10(13-2)4-8(7)9/h4-5,7,12H,6H2,1-3H3. The molecule has 0 saturated heterocycles. The third-order valence-corrected chi connectivity index (χ3v) is 2.69. The van der Waals surface area contributed by atoms with Crippen LogP contribution in [0.2, 0.25) is 0 Å². The van der Waals surface area contributed by atoms with Gasteiger partial charge in [0.25, 0.3) is 0 Å². The molecule has 1 N–H and O–H groups in total. The van der Waals surface area contributed by atoms with Crippen LogP contribution in [0.5, 0.6) is 11.5 Å². The maximum atomic E-state index is 5.26. The van der Waals surface area contributed by atoms with Crippen molar-refractivity contribution < 1.29 is 9.47 Å². The molecule has 1 aliphatic heterocycles. The molecule has 0 aliphatic carbocycles. The highest BCUT2D eigenvalue weighted by Crippen LogP contribution is 2.39. The van der Waals surface area contributed by atoms with Crippen LogP contribution in [0.25, 0.3) is 0 Å². The molecule has 3 heteroatoms. The Bertz CT molecular complexity index is 349. The number of benzene rings is 1. The fourth-order valence-electron chi connectivity index (χ4n) is 1.83. The van der Waals surface area contributed by atoms with E-state index in [1.165, 1.54) is 5.56 Å². The van der Waals surface area contributed by atoms with Crippen molar-refractivity contribution >= 4 is 5.69 Å². The van der Waals surface area contributed by atoms with Gasteiger partial charge in [0.15, 0.2) is 11.5 Å². The van der Waals surface area contributed by atoms with Crippen molar-refractivity contribution in [3.63, 3.8) is 0 Å². The predicted molar refractivity (Wildman–Crippen MR) is 56.5 cm³/mol. The minimum atomic E-state index is 0.546. The SMILES string of the molecule is COc1cc2c(cc1OC)C(C)CN2. The number of hydrogen-bond acceptors (Lipinski definition) is 3. The van der Waals surface area contributed by atoms with E-state index in [1.54, 1.807) is 14.2 Å². The summed E-state index contributed by atoms with van der Waals surface area (Å²) in [6.45, 7) is 3.19. The summed E-state index contributed by atoms with van der Waals surface area (Å²) in [5, 5.41) is 3.34. The lowest BCUT2D eigenvalue weighted by atomic mass is 10.0. The van der Waals surface area contributed by atoms with Gasteiger partial charge in [-0.2, -0.15) is 0 Å². The number of fused-ring (bicyclic) bond motifs is 1. The molecule has 2 rings (SSSR count). The summed E-state index contributed by atoms with van der Waals surface area (Å²) < 4.78 is 10.5. The van der Waals surface area contributed by atoms with E-state index in [0.29, 0.717) is 5.92 Å². The summed E-state index contributed by atoms with van der Waals surface area (Å²) in [6, 6.07) is 4.05. The van der Waals surface area contributed by atoms with E-state index in [1.807, 2.05) is 6.07 Å². The van der Waals surface area contributed by atoms with Gasteiger partial charge >= 0.3 is 0 Å². The number of rotatable bonds is 2. The Labute approximate surface area is 84.0 Å². The van der Waals surface area contributed by atoms with E-state index >= 15 is 0 Å². The summed E-state index contributed by atoms with van der Waals surface area (Å²) in [7, 11) is 3.32. The Morgan fingerprint density at radius 3 is 2.50 bits per heavy atom. The zero-order valence-corrected chi connectivity index (χ0v) is 8.76. The molecular formula is C11H15NO2. The number of hydrogen-bond donors (Lipinski definition) is 1. The first-order valence-corrected chi connectivity index (χ1v) is 4.76. The monoisotopic (exact) mass is 193 g/mol. The van der Waals surface area contributed by atoms with Gasteiger partial charge in [-0.1, -0.05) is 6.92 Å². The average Bonchev–Trinajstić information content (AvgIpc) is 2.58. The van der Waals surface area contributed by atoms with Crippen LogP contribution in [-0.4, -0.2) is 20.8 Å². The number of methoxy groups -OCH3 is 2. The molecule has 0 radical (unpaired) electrons. The van der Waals surface area contributed by atoms with Gasteiger partial charge in [0.2, 0.25) is 0 Å². The van der Waals surface area contributed by atoms with Crippen molar-refractivity contribution in [2.75, 3.05) is 26.1 Å². The predicted octanol–water partition coefficient (Wildman–Crippen LogP) is 2.23. The molecule has 0 amide bonds. The van der Waals surface area contributed by atoms with E-state index in [0.717, 1.165) is 23.7 Å². The van der Waals surface area contributed by atoms with Gasteiger partial charge < -0.3 is 14.8 Å². The topological polar surface area (TPSA) is 30.5 Å². The molecule has 14 heavy (non-hydrogen) atoms. The second kappa shape index (κ2) is 3.40. The summed E-state index contributed by atoms with van der Waals surface area (Å²) >= 11 is 0. The first kappa shape index (κ1) is 9.19. The molecule has 1 aromatic carbocycles. The maximum absolute atomic E-state index is 5.26. The van der Waals surface area contributed by atoms with E-state index in [4.69, 9.17) is 9.47 Å². The van der Waals surface area contributed by atoms with Crippen molar-refractivity contribution in [3.05, 3.63) is 17.7 Å². The fourth-order valence-corrected chi connectivity index (χ4v) is 1.83. The van der Waals surface area contributed by atoms with Crippen LogP contribution in [0.1, 0.15) is 18.4 Å². The fraction of sp³-hybridized carbons (Fsp3) is 0.455. The highest BCUT2D eigenvalue weighted by Gasteiger charge is 2.20. The molecule has 1 heterocycles. The van der Waals surface area contributed by atoms with Crippen molar-refractivity contribution in [1.29, 1.82) is 0 Å². The Kier molecular flexibility index (Phi) is 2.23. The van der Waals surface area contributed by atoms with Crippen LogP contribution in [0.15, 0.2) is 12.1 Å². The van der Waals surface area contributed by atoms with E-state index < -0.39 is 0 Å². The Balaban J connectivity index is 2.49. The van der Waals surface area contributed by atoms with Crippen LogP contribution >= 0.6 is 0 Å².